The second-order valence-electron chi connectivity index (χ2n) is 4.99. The number of anilines is 1. The lowest BCUT2D eigenvalue weighted by atomic mass is 10.3. The molecule has 3 heterocycles. The van der Waals surface area contributed by atoms with E-state index in [2.05, 4.69) is 25.5 Å². The second-order valence-corrected chi connectivity index (χ2v) is 6.37. The summed E-state index contributed by atoms with van der Waals surface area (Å²) in [5.74, 6) is 1.23. The van der Waals surface area contributed by atoms with Crippen LogP contribution in [0.25, 0.3) is 11.4 Å². The summed E-state index contributed by atoms with van der Waals surface area (Å²) in [5, 5.41) is 12.3. The number of hydrogen-bond acceptors (Lipinski definition) is 6. The lowest BCUT2D eigenvalue weighted by molar-refractivity contribution is -0.113. The average molecular weight is 375 g/mol. The third kappa shape index (κ3) is 4.34. The molecule has 1 amide bonds. The van der Waals surface area contributed by atoms with Crippen molar-refractivity contribution < 1.29 is 4.79 Å². The summed E-state index contributed by atoms with van der Waals surface area (Å²) in [5.41, 5.74) is 0.888. The largest absolute Gasteiger partial charge is 0.310 e. The summed E-state index contributed by atoms with van der Waals surface area (Å²) in [7, 11) is 0. The van der Waals surface area contributed by atoms with E-state index < -0.39 is 0 Å². The zero-order chi connectivity index (χ0) is 17.6. The quantitative estimate of drug-likeness (QED) is 0.667. The number of nitrogens with zero attached hydrogens (tertiary/aromatic N) is 5. The highest BCUT2D eigenvalue weighted by Crippen LogP contribution is 2.23. The molecule has 0 fully saturated rings. The smallest absolute Gasteiger partial charge is 0.236 e. The van der Waals surface area contributed by atoms with E-state index in [-0.39, 0.29) is 11.7 Å². The second kappa shape index (κ2) is 8.09. The maximum atomic E-state index is 12.1. The number of pyridine rings is 2. The Labute approximate surface area is 153 Å². The molecule has 1 N–H and O–H groups in total. The van der Waals surface area contributed by atoms with Crippen LogP contribution in [0.15, 0.2) is 48.0 Å². The van der Waals surface area contributed by atoms with Crippen LogP contribution >= 0.6 is 23.4 Å². The van der Waals surface area contributed by atoms with Crippen molar-refractivity contribution in [2.45, 2.75) is 18.6 Å². The summed E-state index contributed by atoms with van der Waals surface area (Å²) in [6.07, 6.45) is 4.93. The van der Waals surface area contributed by atoms with Gasteiger partial charge in [0.25, 0.3) is 0 Å². The number of carbonyl (C=O) groups excluding carboxylic acids is 1. The number of hydrogen-bond donors (Lipinski definition) is 1. The Morgan fingerprint density at radius 1 is 1.28 bits per heavy atom. The molecule has 3 aromatic heterocycles. The van der Waals surface area contributed by atoms with E-state index in [0.29, 0.717) is 22.5 Å². The van der Waals surface area contributed by atoms with Gasteiger partial charge in [-0.1, -0.05) is 23.4 Å². The first kappa shape index (κ1) is 17.4. The van der Waals surface area contributed by atoms with Crippen molar-refractivity contribution in [3.8, 4) is 11.4 Å². The van der Waals surface area contributed by atoms with Crippen LogP contribution in [0.4, 0.5) is 5.82 Å². The topological polar surface area (TPSA) is 85.6 Å². The number of carbonyl (C=O) groups is 1. The molecule has 0 saturated carbocycles. The van der Waals surface area contributed by atoms with Crippen molar-refractivity contribution in [2.24, 2.45) is 0 Å². The lowest BCUT2D eigenvalue weighted by Crippen LogP contribution is -2.15. The molecular formula is C16H15ClN6OS. The van der Waals surface area contributed by atoms with Gasteiger partial charge in [0.1, 0.15) is 5.82 Å². The molecule has 3 rings (SSSR count). The van der Waals surface area contributed by atoms with Gasteiger partial charge in [-0.2, -0.15) is 0 Å². The molecule has 0 spiro atoms. The van der Waals surface area contributed by atoms with E-state index in [0.717, 1.165) is 11.4 Å². The Kier molecular flexibility index (Phi) is 5.62. The zero-order valence-electron chi connectivity index (χ0n) is 13.4. The van der Waals surface area contributed by atoms with Crippen molar-refractivity contribution in [3.63, 3.8) is 0 Å². The average Bonchev–Trinajstić information content (AvgIpc) is 3.05. The first-order valence-corrected chi connectivity index (χ1v) is 8.91. The van der Waals surface area contributed by atoms with Gasteiger partial charge in [0.15, 0.2) is 11.0 Å². The minimum Gasteiger partial charge on any atom is -0.310 e. The molecule has 0 radical (unpaired) electrons. The number of thioether (sulfide) groups is 1. The van der Waals surface area contributed by atoms with E-state index >= 15 is 0 Å². The van der Waals surface area contributed by atoms with Crippen molar-refractivity contribution in [1.82, 2.24) is 24.7 Å². The highest BCUT2D eigenvalue weighted by Gasteiger charge is 2.14. The van der Waals surface area contributed by atoms with Crippen LogP contribution in [0.1, 0.15) is 6.92 Å². The number of aromatic nitrogens is 5. The molecule has 0 aromatic carbocycles. The van der Waals surface area contributed by atoms with Crippen LogP contribution in [0.3, 0.4) is 0 Å². The van der Waals surface area contributed by atoms with Gasteiger partial charge in [-0.25, -0.2) is 4.98 Å². The van der Waals surface area contributed by atoms with E-state index in [1.165, 1.54) is 18.0 Å². The normalized spacial score (nSPS) is 10.6. The maximum absolute atomic E-state index is 12.1. The van der Waals surface area contributed by atoms with Crippen molar-refractivity contribution in [3.05, 3.63) is 47.9 Å². The molecular weight excluding hydrogens is 360 g/mol. The van der Waals surface area contributed by atoms with Gasteiger partial charge in [0.05, 0.1) is 10.8 Å². The predicted molar refractivity (Wildman–Crippen MR) is 97.5 cm³/mol. The molecule has 0 aliphatic heterocycles. The Balaban J connectivity index is 1.66. The fraction of sp³-hybridized carbons (Fsp3) is 0.188. The van der Waals surface area contributed by atoms with Gasteiger partial charge < -0.3 is 9.88 Å². The van der Waals surface area contributed by atoms with Crippen LogP contribution in [-0.2, 0) is 11.3 Å². The van der Waals surface area contributed by atoms with Crippen molar-refractivity contribution >= 4 is 35.1 Å². The summed E-state index contributed by atoms with van der Waals surface area (Å²) in [6.45, 7) is 2.70. The van der Waals surface area contributed by atoms with Crippen LogP contribution in [-0.4, -0.2) is 36.4 Å². The first-order valence-electron chi connectivity index (χ1n) is 7.55. The van der Waals surface area contributed by atoms with Crippen LogP contribution in [0.5, 0.6) is 0 Å². The van der Waals surface area contributed by atoms with E-state index in [1.807, 2.05) is 23.6 Å². The standard InChI is InChI=1S/C16H15ClN6OS/c1-2-23-15(11-4-3-7-18-8-11)21-22-16(23)25-10-14(24)20-13-6-5-12(17)9-19-13/h3-9H,2,10H2,1H3,(H,19,20,24). The Hall–Kier alpha value is -2.45. The number of nitrogens with one attached hydrogen (secondary N) is 1. The highest BCUT2D eigenvalue weighted by molar-refractivity contribution is 7.99. The third-order valence-corrected chi connectivity index (χ3v) is 4.47. The molecule has 7 nitrogen and oxygen atoms in total. The van der Waals surface area contributed by atoms with Crippen molar-refractivity contribution in [1.29, 1.82) is 0 Å². The predicted octanol–water partition coefficient (Wildman–Crippen LogP) is 3.14. The highest BCUT2D eigenvalue weighted by atomic mass is 35.5. The van der Waals surface area contributed by atoms with Crippen molar-refractivity contribution in [2.75, 3.05) is 11.1 Å². The SMILES string of the molecule is CCn1c(SCC(=O)Nc2ccc(Cl)cn2)nnc1-c1cccnc1. The summed E-state index contributed by atoms with van der Waals surface area (Å²) in [6, 6.07) is 7.10. The van der Waals surface area contributed by atoms with Crippen LogP contribution < -0.4 is 5.32 Å². The molecule has 25 heavy (non-hydrogen) atoms. The molecule has 128 valence electrons. The minimum atomic E-state index is -0.173. The summed E-state index contributed by atoms with van der Waals surface area (Å²) in [4.78, 5) is 20.2. The van der Waals surface area contributed by atoms with Gasteiger partial charge in [-0.05, 0) is 31.2 Å². The molecule has 0 aliphatic rings. The Bertz CT molecular complexity index is 853. The Morgan fingerprint density at radius 3 is 2.84 bits per heavy atom. The van der Waals surface area contributed by atoms with E-state index in [1.54, 1.807) is 24.5 Å². The number of amides is 1. The molecule has 0 atom stereocenters. The van der Waals surface area contributed by atoms with Gasteiger partial charge >= 0.3 is 0 Å². The summed E-state index contributed by atoms with van der Waals surface area (Å²) < 4.78 is 1.95. The van der Waals surface area contributed by atoms with E-state index in [4.69, 9.17) is 11.6 Å². The Morgan fingerprint density at radius 2 is 2.16 bits per heavy atom. The zero-order valence-corrected chi connectivity index (χ0v) is 15.0. The minimum absolute atomic E-state index is 0.173. The fourth-order valence-electron chi connectivity index (χ4n) is 2.15. The van der Waals surface area contributed by atoms with Gasteiger partial charge in [-0.3, -0.25) is 9.78 Å². The number of halogens is 1. The third-order valence-electron chi connectivity index (χ3n) is 3.28. The monoisotopic (exact) mass is 374 g/mol. The molecule has 0 unspecified atom stereocenters. The molecule has 9 heteroatoms. The van der Waals surface area contributed by atoms with Gasteiger partial charge in [0.2, 0.25) is 5.91 Å². The number of rotatable bonds is 6. The van der Waals surface area contributed by atoms with Gasteiger partial charge in [0, 0.05) is 30.7 Å². The van der Waals surface area contributed by atoms with E-state index in [9.17, 15) is 4.79 Å². The van der Waals surface area contributed by atoms with Gasteiger partial charge in [-0.15, -0.1) is 10.2 Å². The molecule has 0 saturated heterocycles. The molecule has 3 aromatic rings. The fourth-order valence-corrected chi connectivity index (χ4v) is 3.06. The summed E-state index contributed by atoms with van der Waals surface area (Å²) >= 11 is 7.09. The maximum Gasteiger partial charge on any atom is 0.236 e. The molecule has 0 bridgehead atoms. The van der Waals surface area contributed by atoms with Crippen LogP contribution in [0, 0.1) is 0 Å². The lowest BCUT2D eigenvalue weighted by Gasteiger charge is -2.07. The van der Waals surface area contributed by atoms with Crippen LogP contribution in [0.2, 0.25) is 5.02 Å². The first-order chi connectivity index (χ1) is 12.2. The molecule has 0 aliphatic carbocycles.